The minimum absolute atomic E-state index is 0.574. The molecular weight excluding hydrogens is 234 g/mol. The number of aryl methyl sites for hydroxylation is 1. The zero-order chi connectivity index (χ0) is 12.1. The monoisotopic (exact) mass is 253 g/mol. The maximum absolute atomic E-state index is 5.90. The van der Waals surface area contributed by atoms with Crippen LogP contribution in [0.2, 0.25) is 0 Å². The summed E-state index contributed by atoms with van der Waals surface area (Å²) < 4.78 is 0. The van der Waals surface area contributed by atoms with Crippen LogP contribution in [0.25, 0.3) is 0 Å². The summed E-state index contributed by atoms with van der Waals surface area (Å²) >= 11 is 5.90. The smallest absolute Gasteiger partial charge is 0.225 e. The van der Waals surface area contributed by atoms with Gasteiger partial charge < -0.3 is 4.90 Å². The molecule has 1 aliphatic rings. The topological polar surface area (TPSA) is 29.0 Å². The van der Waals surface area contributed by atoms with E-state index in [1.807, 2.05) is 19.3 Å². The molecule has 0 unspecified atom stereocenters. The van der Waals surface area contributed by atoms with Crippen molar-refractivity contribution in [3.63, 3.8) is 0 Å². The van der Waals surface area contributed by atoms with E-state index in [1.54, 1.807) is 0 Å². The van der Waals surface area contributed by atoms with Gasteiger partial charge in [-0.3, -0.25) is 0 Å². The van der Waals surface area contributed by atoms with E-state index in [0.29, 0.717) is 11.9 Å². The average molecular weight is 254 g/mol. The Kier molecular flexibility index (Phi) is 4.60. The van der Waals surface area contributed by atoms with Crippen molar-refractivity contribution in [2.45, 2.75) is 45.1 Å². The molecule has 1 saturated carbocycles. The fraction of sp³-hybridized carbons (Fsp3) is 0.692. The van der Waals surface area contributed by atoms with Crippen LogP contribution >= 0.6 is 11.6 Å². The lowest BCUT2D eigenvalue weighted by molar-refractivity contribution is 0.414. The number of anilines is 1. The molecule has 1 heterocycles. The molecule has 0 aromatic carbocycles. The minimum Gasteiger partial charge on any atom is -0.337 e. The molecular formula is C13H20ClN3. The third-order valence-electron chi connectivity index (χ3n) is 3.37. The second-order valence-electron chi connectivity index (χ2n) is 4.73. The summed E-state index contributed by atoms with van der Waals surface area (Å²) in [6.07, 6.45) is 10.2. The van der Waals surface area contributed by atoms with Gasteiger partial charge in [0.15, 0.2) is 0 Å². The van der Waals surface area contributed by atoms with Crippen LogP contribution in [-0.2, 0) is 0 Å². The van der Waals surface area contributed by atoms with Crippen LogP contribution in [-0.4, -0.2) is 28.4 Å². The van der Waals surface area contributed by atoms with Gasteiger partial charge in [0, 0.05) is 30.9 Å². The second-order valence-corrected chi connectivity index (χ2v) is 5.11. The van der Waals surface area contributed by atoms with E-state index in [4.69, 9.17) is 11.6 Å². The number of aromatic nitrogens is 2. The molecule has 1 aromatic rings. The third-order valence-corrected chi connectivity index (χ3v) is 3.53. The van der Waals surface area contributed by atoms with Crippen molar-refractivity contribution in [1.82, 2.24) is 9.97 Å². The van der Waals surface area contributed by atoms with E-state index in [1.165, 1.54) is 32.1 Å². The number of hydrogen-bond donors (Lipinski definition) is 0. The van der Waals surface area contributed by atoms with Crippen molar-refractivity contribution in [2.24, 2.45) is 0 Å². The van der Waals surface area contributed by atoms with Gasteiger partial charge in [0.05, 0.1) is 0 Å². The van der Waals surface area contributed by atoms with Crippen molar-refractivity contribution in [3.05, 3.63) is 18.0 Å². The van der Waals surface area contributed by atoms with Crippen LogP contribution in [0.1, 0.15) is 37.7 Å². The summed E-state index contributed by atoms with van der Waals surface area (Å²) in [5.74, 6) is 1.47. The van der Waals surface area contributed by atoms with Gasteiger partial charge in [-0.2, -0.15) is 0 Å². The van der Waals surface area contributed by atoms with Gasteiger partial charge in [-0.15, -0.1) is 11.6 Å². The highest BCUT2D eigenvalue weighted by Crippen LogP contribution is 2.25. The zero-order valence-corrected chi connectivity index (χ0v) is 11.2. The number of hydrogen-bond acceptors (Lipinski definition) is 3. The predicted molar refractivity (Wildman–Crippen MR) is 71.7 cm³/mol. The summed E-state index contributed by atoms with van der Waals surface area (Å²) in [6, 6.07) is 0.574. The molecule has 0 atom stereocenters. The molecule has 0 amide bonds. The Balaban J connectivity index is 2.12. The van der Waals surface area contributed by atoms with Crippen LogP contribution < -0.4 is 4.90 Å². The summed E-state index contributed by atoms with van der Waals surface area (Å²) in [5, 5.41) is 0. The summed E-state index contributed by atoms with van der Waals surface area (Å²) in [4.78, 5) is 11.1. The van der Waals surface area contributed by atoms with Gasteiger partial charge in [0.25, 0.3) is 0 Å². The molecule has 17 heavy (non-hydrogen) atoms. The first-order chi connectivity index (χ1) is 8.31. The molecule has 1 aliphatic carbocycles. The Morgan fingerprint density at radius 2 is 1.88 bits per heavy atom. The predicted octanol–water partition coefficient (Wildman–Crippen LogP) is 3.16. The van der Waals surface area contributed by atoms with Crippen LogP contribution in [0.4, 0.5) is 5.95 Å². The lowest BCUT2D eigenvalue weighted by Crippen LogP contribution is -2.39. The van der Waals surface area contributed by atoms with E-state index in [2.05, 4.69) is 14.9 Å². The molecule has 0 aliphatic heterocycles. The Morgan fingerprint density at radius 3 is 2.47 bits per heavy atom. The van der Waals surface area contributed by atoms with Gasteiger partial charge in [-0.1, -0.05) is 19.3 Å². The van der Waals surface area contributed by atoms with E-state index in [9.17, 15) is 0 Å². The van der Waals surface area contributed by atoms with Crippen LogP contribution in [0.15, 0.2) is 12.4 Å². The van der Waals surface area contributed by atoms with Gasteiger partial charge in [-0.25, -0.2) is 9.97 Å². The molecule has 0 spiro atoms. The highest BCUT2D eigenvalue weighted by Gasteiger charge is 2.22. The standard InChI is InChI=1S/C13H20ClN3/c1-11-9-15-13(16-10-11)17(8-7-14)12-5-3-2-4-6-12/h9-10,12H,2-8H2,1H3. The van der Waals surface area contributed by atoms with Crippen molar-refractivity contribution in [1.29, 1.82) is 0 Å². The molecule has 0 bridgehead atoms. The molecule has 1 fully saturated rings. The Hall–Kier alpha value is -0.830. The normalized spacial score (nSPS) is 17.1. The largest absolute Gasteiger partial charge is 0.337 e. The van der Waals surface area contributed by atoms with E-state index in [-0.39, 0.29) is 0 Å². The first-order valence-corrected chi connectivity index (χ1v) is 6.96. The van der Waals surface area contributed by atoms with Crippen molar-refractivity contribution < 1.29 is 0 Å². The molecule has 94 valence electrons. The van der Waals surface area contributed by atoms with Crippen molar-refractivity contribution in [3.8, 4) is 0 Å². The maximum Gasteiger partial charge on any atom is 0.225 e. The number of alkyl halides is 1. The van der Waals surface area contributed by atoms with Crippen molar-refractivity contribution >= 4 is 17.5 Å². The van der Waals surface area contributed by atoms with Gasteiger partial charge in [0.2, 0.25) is 5.95 Å². The molecule has 0 radical (unpaired) electrons. The Bertz CT molecular complexity index is 333. The molecule has 0 N–H and O–H groups in total. The van der Waals surface area contributed by atoms with E-state index in [0.717, 1.165) is 18.1 Å². The average Bonchev–Trinajstić information content (AvgIpc) is 2.38. The SMILES string of the molecule is Cc1cnc(N(CCCl)C2CCCCC2)nc1. The van der Waals surface area contributed by atoms with Gasteiger partial charge in [0.1, 0.15) is 0 Å². The molecule has 2 rings (SSSR count). The summed E-state index contributed by atoms with van der Waals surface area (Å²) in [7, 11) is 0. The Labute approximate surface area is 108 Å². The maximum atomic E-state index is 5.90. The van der Waals surface area contributed by atoms with Crippen molar-refractivity contribution in [2.75, 3.05) is 17.3 Å². The molecule has 4 heteroatoms. The van der Waals surface area contributed by atoms with Crippen LogP contribution in [0.5, 0.6) is 0 Å². The first-order valence-electron chi connectivity index (χ1n) is 6.42. The van der Waals surface area contributed by atoms with Crippen LogP contribution in [0.3, 0.4) is 0 Å². The zero-order valence-electron chi connectivity index (χ0n) is 10.4. The number of nitrogens with zero attached hydrogens (tertiary/aromatic N) is 3. The summed E-state index contributed by atoms with van der Waals surface area (Å²) in [6.45, 7) is 2.85. The highest BCUT2D eigenvalue weighted by molar-refractivity contribution is 6.18. The molecule has 1 aromatic heterocycles. The number of halogens is 1. The number of rotatable bonds is 4. The lowest BCUT2D eigenvalue weighted by Gasteiger charge is -2.33. The quantitative estimate of drug-likeness (QED) is 0.772. The second kappa shape index (κ2) is 6.20. The van der Waals surface area contributed by atoms with Gasteiger partial charge in [-0.05, 0) is 25.3 Å². The Morgan fingerprint density at radius 1 is 1.24 bits per heavy atom. The van der Waals surface area contributed by atoms with Gasteiger partial charge >= 0.3 is 0 Å². The molecule has 3 nitrogen and oxygen atoms in total. The van der Waals surface area contributed by atoms with E-state index < -0.39 is 0 Å². The lowest BCUT2D eigenvalue weighted by atomic mass is 9.94. The van der Waals surface area contributed by atoms with Crippen LogP contribution in [0, 0.1) is 6.92 Å². The highest BCUT2D eigenvalue weighted by atomic mass is 35.5. The first kappa shape index (κ1) is 12.6. The summed E-state index contributed by atoms with van der Waals surface area (Å²) in [5.41, 5.74) is 1.10. The molecule has 0 saturated heterocycles. The fourth-order valence-corrected chi connectivity index (χ4v) is 2.65. The minimum atomic E-state index is 0.574. The van der Waals surface area contributed by atoms with E-state index >= 15 is 0 Å². The fourth-order valence-electron chi connectivity index (χ4n) is 2.46. The third kappa shape index (κ3) is 3.32.